The fraction of sp³-hybridized carbons (Fsp3) is 0.889. The second-order valence-corrected chi connectivity index (χ2v) is 6.57. The van der Waals surface area contributed by atoms with Crippen LogP contribution in [0.15, 0.2) is 0 Å². The van der Waals surface area contributed by atoms with Gasteiger partial charge in [0, 0.05) is 25.9 Å². The Balaban J connectivity index is 2.45. The van der Waals surface area contributed by atoms with Gasteiger partial charge in [-0.25, -0.2) is 8.42 Å². The molecule has 5 nitrogen and oxygen atoms in total. The minimum absolute atomic E-state index is 0.0991. The third kappa shape index (κ3) is 3.79. The van der Waals surface area contributed by atoms with Crippen molar-refractivity contribution in [3.05, 3.63) is 0 Å². The number of rotatable bonds is 4. The maximum absolute atomic E-state index is 10.9. The highest BCUT2D eigenvalue weighted by Crippen LogP contribution is 2.22. The maximum Gasteiger partial charge on any atom is 0.308 e. The Hall–Kier alpha value is -0.620. The summed E-state index contributed by atoms with van der Waals surface area (Å²) in [6, 6.07) is 0. The zero-order chi connectivity index (χ0) is 11.6. The van der Waals surface area contributed by atoms with Crippen LogP contribution in [0.4, 0.5) is 0 Å². The van der Waals surface area contributed by atoms with Crippen LogP contribution in [0.25, 0.3) is 0 Å². The van der Waals surface area contributed by atoms with Crippen LogP contribution in [0.5, 0.6) is 0 Å². The van der Waals surface area contributed by atoms with Crippen molar-refractivity contribution in [2.75, 3.05) is 31.6 Å². The molecule has 0 saturated carbocycles. The summed E-state index contributed by atoms with van der Waals surface area (Å²) < 4.78 is 21.9. The van der Waals surface area contributed by atoms with E-state index in [9.17, 15) is 13.2 Å². The van der Waals surface area contributed by atoms with Crippen LogP contribution in [-0.4, -0.2) is 56.0 Å². The highest BCUT2D eigenvalue weighted by Gasteiger charge is 2.34. The third-order valence-electron chi connectivity index (χ3n) is 2.78. The normalized spacial score (nSPS) is 28.1. The lowest BCUT2D eigenvalue weighted by atomic mass is 9.99. The molecule has 1 saturated heterocycles. The van der Waals surface area contributed by atoms with E-state index >= 15 is 0 Å². The van der Waals surface area contributed by atoms with Crippen molar-refractivity contribution < 1.29 is 18.3 Å². The molecule has 0 bridgehead atoms. The number of carboxylic acids is 1. The van der Waals surface area contributed by atoms with Crippen molar-refractivity contribution in [2.24, 2.45) is 11.8 Å². The Morgan fingerprint density at radius 2 is 2.07 bits per heavy atom. The lowest BCUT2D eigenvalue weighted by Gasteiger charge is -2.13. The smallest absolute Gasteiger partial charge is 0.308 e. The topological polar surface area (TPSA) is 74.7 Å². The molecule has 0 aromatic carbocycles. The molecule has 1 N–H and O–H groups in total. The van der Waals surface area contributed by atoms with Gasteiger partial charge < -0.3 is 10.0 Å². The molecule has 6 heteroatoms. The molecule has 1 aliphatic heterocycles. The van der Waals surface area contributed by atoms with Crippen molar-refractivity contribution >= 4 is 15.8 Å². The maximum atomic E-state index is 10.9. The van der Waals surface area contributed by atoms with Crippen molar-refractivity contribution in [3.63, 3.8) is 0 Å². The van der Waals surface area contributed by atoms with Crippen LogP contribution in [0.1, 0.15) is 6.92 Å². The zero-order valence-corrected chi connectivity index (χ0v) is 9.83. The van der Waals surface area contributed by atoms with Gasteiger partial charge >= 0.3 is 5.97 Å². The van der Waals surface area contributed by atoms with Gasteiger partial charge in [-0.15, -0.1) is 0 Å². The first kappa shape index (κ1) is 12.4. The SMILES string of the molecule is C[C@@H]1CN(CCS(C)(=O)=O)C[C@H]1C(=O)O. The van der Waals surface area contributed by atoms with Gasteiger partial charge in [0.05, 0.1) is 11.7 Å². The molecule has 0 spiro atoms. The van der Waals surface area contributed by atoms with Crippen LogP contribution < -0.4 is 0 Å². The van der Waals surface area contributed by atoms with E-state index in [-0.39, 0.29) is 17.6 Å². The first-order chi connectivity index (χ1) is 6.79. The summed E-state index contributed by atoms with van der Waals surface area (Å²) in [7, 11) is -2.96. The summed E-state index contributed by atoms with van der Waals surface area (Å²) >= 11 is 0. The average molecular weight is 235 g/mol. The van der Waals surface area contributed by atoms with Crippen LogP contribution in [-0.2, 0) is 14.6 Å². The van der Waals surface area contributed by atoms with Crippen LogP contribution >= 0.6 is 0 Å². The van der Waals surface area contributed by atoms with Gasteiger partial charge in [0.15, 0.2) is 0 Å². The fourth-order valence-corrected chi connectivity index (χ4v) is 2.46. The molecule has 0 radical (unpaired) electrons. The molecule has 2 atom stereocenters. The summed E-state index contributed by atoms with van der Waals surface area (Å²) in [6.07, 6.45) is 1.20. The molecule has 0 aliphatic carbocycles. The quantitative estimate of drug-likeness (QED) is 0.723. The van der Waals surface area contributed by atoms with Gasteiger partial charge in [0.1, 0.15) is 9.84 Å². The van der Waals surface area contributed by atoms with Gasteiger partial charge in [0.2, 0.25) is 0 Å². The minimum Gasteiger partial charge on any atom is -0.481 e. The largest absolute Gasteiger partial charge is 0.481 e. The molecule has 0 amide bonds. The van der Waals surface area contributed by atoms with Gasteiger partial charge in [-0.3, -0.25) is 4.79 Å². The van der Waals surface area contributed by atoms with Gasteiger partial charge in [0.25, 0.3) is 0 Å². The van der Waals surface area contributed by atoms with E-state index in [0.29, 0.717) is 19.6 Å². The second kappa shape index (κ2) is 4.49. The van der Waals surface area contributed by atoms with E-state index in [1.165, 1.54) is 6.26 Å². The summed E-state index contributed by atoms with van der Waals surface area (Å²) in [5.41, 5.74) is 0. The number of carboxylic acid groups (broad SMARTS) is 1. The lowest BCUT2D eigenvalue weighted by Crippen LogP contribution is -2.28. The molecule has 88 valence electrons. The third-order valence-corrected chi connectivity index (χ3v) is 3.71. The Labute approximate surface area is 90.0 Å². The van der Waals surface area contributed by atoms with Crippen LogP contribution in [0.2, 0.25) is 0 Å². The predicted molar refractivity (Wildman–Crippen MR) is 56.4 cm³/mol. The van der Waals surface area contributed by atoms with E-state index in [2.05, 4.69) is 0 Å². The van der Waals surface area contributed by atoms with E-state index in [0.717, 1.165) is 0 Å². The van der Waals surface area contributed by atoms with E-state index < -0.39 is 15.8 Å². The van der Waals surface area contributed by atoms with E-state index in [4.69, 9.17) is 5.11 Å². The molecule has 1 heterocycles. The molecule has 0 aromatic rings. The number of hydrogen-bond acceptors (Lipinski definition) is 4. The van der Waals surface area contributed by atoms with E-state index in [1.54, 1.807) is 0 Å². The number of sulfone groups is 1. The number of hydrogen-bond donors (Lipinski definition) is 1. The Morgan fingerprint density at radius 1 is 1.47 bits per heavy atom. The molecule has 1 fully saturated rings. The first-order valence-electron chi connectivity index (χ1n) is 4.92. The zero-order valence-electron chi connectivity index (χ0n) is 9.01. The van der Waals surface area contributed by atoms with Crippen molar-refractivity contribution in [1.29, 1.82) is 0 Å². The Kier molecular flexibility index (Phi) is 3.72. The van der Waals surface area contributed by atoms with Gasteiger partial charge in [-0.05, 0) is 5.92 Å². The number of carbonyl (C=O) groups is 1. The molecule has 15 heavy (non-hydrogen) atoms. The monoisotopic (exact) mass is 235 g/mol. The van der Waals surface area contributed by atoms with Crippen LogP contribution in [0.3, 0.4) is 0 Å². The summed E-state index contributed by atoms with van der Waals surface area (Å²) in [6.45, 7) is 3.46. The van der Waals surface area contributed by atoms with Gasteiger partial charge in [-0.1, -0.05) is 6.92 Å². The first-order valence-corrected chi connectivity index (χ1v) is 6.98. The molecular weight excluding hydrogens is 218 g/mol. The average Bonchev–Trinajstić information content (AvgIpc) is 2.42. The molecule has 0 unspecified atom stereocenters. The highest BCUT2D eigenvalue weighted by molar-refractivity contribution is 7.90. The van der Waals surface area contributed by atoms with Crippen molar-refractivity contribution in [3.8, 4) is 0 Å². The summed E-state index contributed by atoms with van der Waals surface area (Å²) in [4.78, 5) is 12.7. The second-order valence-electron chi connectivity index (χ2n) is 4.31. The molecule has 1 rings (SSSR count). The van der Waals surface area contributed by atoms with Crippen molar-refractivity contribution in [2.45, 2.75) is 6.92 Å². The van der Waals surface area contributed by atoms with Crippen molar-refractivity contribution in [1.82, 2.24) is 4.90 Å². The Bertz CT molecular complexity index is 338. The molecular formula is C9H17NO4S. The number of likely N-dealkylation sites (tertiary alicyclic amines) is 1. The van der Waals surface area contributed by atoms with Crippen LogP contribution in [0, 0.1) is 11.8 Å². The standard InChI is InChI=1S/C9H17NO4S/c1-7-5-10(3-4-15(2,13)14)6-8(7)9(11)12/h7-8H,3-6H2,1-2H3,(H,11,12)/t7-,8-/m1/s1. The molecule has 0 aromatic heterocycles. The highest BCUT2D eigenvalue weighted by atomic mass is 32.2. The fourth-order valence-electron chi connectivity index (χ4n) is 1.87. The lowest BCUT2D eigenvalue weighted by molar-refractivity contribution is -0.142. The minimum atomic E-state index is -2.96. The number of aliphatic carboxylic acids is 1. The van der Waals surface area contributed by atoms with Gasteiger partial charge in [-0.2, -0.15) is 0 Å². The molecule has 1 aliphatic rings. The van der Waals surface area contributed by atoms with E-state index in [1.807, 2.05) is 11.8 Å². The number of nitrogens with zero attached hydrogens (tertiary/aromatic N) is 1. The summed E-state index contributed by atoms with van der Waals surface area (Å²) in [5.74, 6) is -0.942. The Morgan fingerprint density at radius 3 is 2.47 bits per heavy atom. The summed E-state index contributed by atoms with van der Waals surface area (Å²) in [5, 5.41) is 8.88. The predicted octanol–water partition coefficient (Wildman–Crippen LogP) is -0.316.